The van der Waals surface area contributed by atoms with E-state index in [1.807, 2.05) is 0 Å². The van der Waals surface area contributed by atoms with Gasteiger partial charge in [-0.15, -0.1) is 0 Å². The van der Waals surface area contributed by atoms with Crippen LogP contribution in [0.1, 0.15) is 56.6 Å². The lowest BCUT2D eigenvalue weighted by Gasteiger charge is -2.18. The summed E-state index contributed by atoms with van der Waals surface area (Å²) in [7, 11) is -3.79. The standard InChI is InChI=1S/C14H23N3O3S/c1-14(2,3)6-7-16-13(18)12-8-11(21(15,19)20)9-17(12)10-4-5-10/h8-10H,4-7H2,1-3H3,(H,16,18)(H2,15,19,20). The smallest absolute Gasteiger partial charge is 0.267 e. The molecule has 0 bridgehead atoms. The number of nitrogens with one attached hydrogen (secondary N) is 1. The first-order chi connectivity index (χ1) is 9.58. The van der Waals surface area contributed by atoms with Gasteiger partial charge < -0.3 is 9.88 Å². The van der Waals surface area contributed by atoms with Crippen LogP contribution < -0.4 is 10.5 Å². The molecule has 1 saturated carbocycles. The summed E-state index contributed by atoms with van der Waals surface area (Å²) in [6.45, 7) is 6.87. The lowest BCUT2D eigenvalue weighted by Crippen LogP contribution is -2.28. The van der Waals surface area contributed by atoms with Crippen LogP contribution in [-0.4, -0.2) is 25.4 Å². The van der Waals surface area contributed by atoms with Crippen LogP contribution in [0.2, 0.25) is 0 Å². The zero-order chi connectivity index (χ0) is 15.8. The van der Waals surface area contributed by atoms with E-state index in [4.69, 9.17) is 5.14 Å². The van der Waals surface area contributed by atoms with Crippen molar-refractivity contribution in [3.05, 3.63) is 18.0 Å². The Bertz CT molecular complexity index is 637. The number of carbonyl (C=O) groups excluding carboxylic acids is 1. The fraction of sp³-hybridized carbons (Fsp3) is 0.643. The first-order valence-electron chi connectivity index (χ1n) is 7.11. The van der Waals surface area contributed by atoms with Gasteiger partial charge in [-0.05, 0) is 30.7 Å². The van der Waals surface area contributed by atoms with Crippen molar-refractivity contribution < 1.29 is 13.2 Å². The van der Waals surface area contributed by atoms with Gasteiger partial charge in [0.15, 0.2) is 0 Å². The summed E-state index contributed by atoms with van der Waals surface area (Å²) >= 11 is 0. The highest BCUT2D eigenvalue weighted by Gasteiger charge is 2.29. The molecule has 0 radical (unpaired) electrons. The van der Waals surface area contributed by atoms with Crippen LogP contribution in [0.5, 0.6) is 0 Å². The number of carbonyl (C=O) groups is 1. The van der Waals surface area contributed by atoms with E-state index in [-0.39, 0.29) is 22.3 Å². The van der Waals surface area contributed by atoms with E-state index in [0.29, 0.717) is 12.2 Å². The monoisotopic (exact) mass is 313 g/mol. The molecule has 0 aromatic carbocycles. The summed E-state index contributed by atoms with van der Waals surface area (Å²) in [4.78, 5) is 12.3. The van der Waals surface area contributed by atoms with Crippen molar-refractivity contribution in [1.29, 1.82) is 0 Å². The highest BCUT2D eigenvalue weighted by atomic mass is 32.2. The minimum atomic E-state index is -3.79. The molecule has 0 saturated heterocycles. The van der Waals surface area contributed by atoms with Gasteiger partial charge in [-0.2, -0.15) is 0 Å². The van der Waals surface area contributed by atoms with Gasteiger partial charge >= 0.3 is 0 Å². The maximum atomic E-state index is 12.3. The average molecular weight is 313 g/mol. The second-order valence-electron chi connectivity index (χ2n) is 6.81. The van der Waals surface area contributed by atoms with Crippen LogP contribution in [0, 0.1) is 5.41 Å². The normalized spacial score (nSPS) is 16.0. The average Bonchev–Trinajstić information content (AvgIpc) is 3.04. The topological polar surface area (TPSA) is 94.2 Å². The number of nitrogens with zero attached hydrogens (tertiary/aromatic N) is 1. The van der Waals surface area contributed by atoms with Gasteiger partial charge in [-0.3, -0.25) is 4.79 Å². The van der Waals surface area contributed by atoms with Gasteiger partial charge in [-0.1, -0.05) is 20.8 Å². The Morgan fingerprint density at radius 2 is 2.05 bits per heavy atom. The molecule has 1 aliphatic carbocycles. The zero-order valence-electron chi connectivity index (χ0n) is 12.7. The molecule has 7 heteroatoms. The van der Waals surface area contributed by atoms with Crippen molar-refractivity contribution in [2.24, 2.45) is 10.6 Å². The third-order valence-corrected chi connectivity index (χ3v) is 4.37. The van der Waals surface area contributed by atoms with Crippen LogP contribution in [0.15, 0.2) is 17.2 Å². The van der Waals surface area contributed by atoms with E-state index in [0.717, 1.165) is 19.3 Å². The third kappa shape index (κ3) is 4.31. The summed E-state index contributed by atoms with van der Waals surface area (Å²) in [5.74, 6) is -0.249. The molecule has 2 rings (SSSR count). The molecular formula is C14H23N3O3S. The second-order valence-corrected chi connectivity index (χ2v) is 8.37. The number of primary sulfonamides is 1. The fourth-order valence-electron chi connectivity index (χ4n) is 2.09. The zero-order valence-corrected chi connectivity index (χ0v) is 13.5. The number of sulfonamides is 1. The number of nitrogens with two attached hydrogens (primary N) is 1. The van der Waals surface area contributed by atoms with Crippen LogP contribution in [0.3, 0.4) is 0 Å². The molecule has 0 unspecified atom stereocenters. The van der Waals surface area contributed by atoms with E-state index in [2.05, 4.69) is 26.1 Å². The van der Waals surface area contributed by atoms with E-state index in [1.54, 1.807) is 4.57 Å². The van der Waals surface area contributed by atoms with Crippen molar-refractivity contribution in [2.75, 3.05) is 6.54 Å². The minimum Gasteiger partial charge on any atom is -0.351 e. The fourth-order valence-corrected chi connectivity index (χ4v) is 2.62. The Morgan fingerprint density at radius 3 is 2.52 bits per heavy atom. The van der Waals surface area contributed by atoms with Gasteiger partial charge in [0.05, 0.1) is 0 Å². The molecule has 6 nitrogen and oxygen atoms in total. The molecule has 1 amide bonds. The number of hydrogen-bond acceptors (Lipinski definition) is 3. The maximum Gasteiger partial charge on any atom is 0.267 e. The highest BCUT2D eigenvalue weighted by Crippen LogP contribution is 2.37. The van der Waals surface area contributed by atoms with Crippen molar-refractivity contribution in [3.8, 4) is 0 Å². The third-order valence-electron chi connectivity index (χ3n) is 3.49. The highest BCUT2D eigenvalue weighted by molar-refractivity contribution is 7.89. The molecule has 0 aliphatic heterocycles. The molecule has 1 aliphatic rings. The first-order valence-corrected chi connectivity index (χ1v) is 8.65. The lowest BCUT2D eigenvalue weighted by atomic mass is 9.92. The van der Waals surface area contributed by atoms with Gasteiger partial charge in [0.25, 0.3) is 5.91 Å². The predicted octanol–water partition coefficient (Wildman–Crippen LogP) is 1.64. The van der Waals surface area contributed by atoms with Crippen LogP contribution >= 0.6 is 0 Å². The van der Waals surface area contributed by atoms with Gasteiger partial charge in [-0.25, -0.2) is 13.6 Å². The molecule has 3 N–H and O–H groups in total. The van der Waals surface area contributed by atoms with Gasteiger partial charge in [0.2, 0.25) is 10.0 Å². The minimum absolute atomic E-state index is 0.00429. The van der Waals surface area contributed by atoms with E-state index in [1.165, 1.54) is 12.3 Å². The maximum absolute atomic E-state index is 12.3. The molecule has 21 heavy (non-hydrogen) atoms. The molecule has 118 valence electrons. The predicted molar refractivity (Wildman–Crippen MR) is 80.5 cm³/mol. The van der Waals surface area contributed by atoms with Crippen molar-refractivity contribution in [1.82, 2.24) is 9.88 Å². The lowest BCUT2D eigenvalue weighted by molar-refractivity contribution is 0.0940. The summed E-state index contributed by atoms with van der Waals surface area (Å²) in [6, 6.07) is 1.57. The number of amides is 1. The number of aromatic nitrogens is 1. The Kier molecular flexibility index (Phi) is 4.17. The molecular weight excluding hydrogens is 290 g/mol. The number of rotatable bonds is 5. The van der Waals surface area contributed by atoms with Crippen molar-refractivity contribution in [2.45, 2.75) is 51.0 Å². The Hall–Kier alpha value is -1.34. The van der Waals surface area contributed by atoms with E-state index < -0.39 is 10.0 Å². The van der Waals surface area contributed by atoms with E-state index >= 15 is 0 Å². The quantitative estimate of drug-likeness (QED) is 0.865. The Morgan fingerprint density at radius 1 is 1.43 bits per heavy atom. The molecule has 1 aromatic heterocycles. The molecule has 1 aromatic rings. The van der Waals surface area contributed by atoms with Crippen LogP contribution in [0.4, 0.5) is 0 Å². The van der Waals surface area contributed by atoms with E-state index in [9.17, 15) is 13.2 Å². The first kappa shape index (κ1) is 16.0. The summed E-state index contributed by atoms with van der Waals surface area (Å²) in [5, 5.41) is 7.99. The molecule has 0 atom stereocenters. The SMILES string of the molecule is CC(C)(C)CCNC(=O)c1cc(S(N)(=O)=O)cn1C1CC1. The molecule has 0 spiro atoms. The summed E-state index contributed by atoms with van der Waals surface area (Å²) < 4.78 is 24.6. The number of hydrogen-bond donors (Lipinski definition) is 2. The Labute approximate surface area is 125 Å². The Balaban J connectivity index is 2.14. The van der Waals surface area contributed by atoms with Gasteiger partial charge in [0.1, 0.15) is 10.6 Å². The largest absolute Gasteiger partial charge is 0.351 e. The molecule has 1 fully saturated rings. The van der Waals surface area contributed by atoms with Crippen LogP contribution in [-0.2, 0) is 10.0 Å². The van der Waals surface area contributed by atoms with Crippen molar-refractivity contribution in [3.63, 3.8) is 0 Å². The van der Waals surface area contributed by atoms with Crippen LogP contribution in [0.25, 0.3) is 0 Å². The van der Waals surface area contributed by atoms with Crippen molar-refractivity contribution >= 4 is 15.9 Å². The summed E-state index contributed by atoms with van der Waals surface area (Å²) in [6.07, 6.45) is 4.23. The summed E-state index contributed by atoms with van der Waals surface area (Å²) in [5.41, 5.74) is 0.507. The second kappa shape index (κ2) is 5.46. The van der Waals surface area contributed by atoms with Gasteiger partial charge in [0, 0.05) is 18.8 Å². The molecule has 1 heterocycles.